The van der Waals surface area contributed by atoms with E-state index in [2.05, 4.69) is 13.0 Å². The van der Waals surface area contributed by atoms with E-state index in [0.29, 0.717) is 18.4 Å². The first-order valence-electron chi connectivity index (χ1n) is 10.7. The summed E-state index contributed by atoms with van der Waals surface area (Å²) in [6.07, 6.45) is 7.76. The highest BCUT2D eigenvalue weighted by Crippen LogP contribution is 2.71. The Morgan fingerprint density at radius 1 is 1.23 bits per heavy atom. The van der Waals surface area contributed by atoms with Gasteiger partial charge in [-0.25, -0.2) is 4.79 Å². The number of amides is 1. The topological polar surface area (TPSA) is 107 Å². The third-order valence-electron chi connectivity index (χ3n) is 8.62. The Bertz CT molecular complexity index is 1020. The molecule has 0 radical (unpaired) electrons. The molecule has 1 spiro atoms. The van der Waals surface area contributed by atoms with Crippen molar-refractivity contribution in [3.05, 3.63) is 29.5 Å². The van der Waals surface area contributed by atoms with Gasteiger partial charge in [-0.15, -0.1) is 0 Å². The molecule has 7 nitrogen and oxygen atoms in total. The van der Waals surface area contributed by atoms with E-state index >= 15 is 0 Å². The van der Waals surface area contributed by atoms with Gasteiger partial charge in [0.2, 0.25) is 5.91 Å². The minimum absolute atomic E-state index is 0.125. The van der Waals surface area contributed by atoms with Crippen LogP contribution in [0, 0.1) is 22.7 Å². The van der Waals surface area contributed by atoms with E-state index in [4.69, 9.17) is 4.74 Å². The summed E-state index contributed by atoms with van der Waals surface area (Å²) in [5, 5.41) is 30.6. The molecule has 0 aromatic heterocycles. The molecule has 5 fully saturated rings. The van der Waals surface area contributed by atoms with Crippen LogP contribution < -0.4 is 4.90 Å². The number of piperidine rings is 1. The zero-order valence-corrected chi connectivity index (χ0v) is 16.8. The van der Waals surface area contributed by atoms with Crippen molar-refractivity contribution in [2.75, 3.05) is 4.90 Å². The summed E-state index contributed by atoms with van der Waals surface area (Å²) in [6.45, 7) is 2.17. The number of phenols is 2. The first-order valence-corrected chi connectivity index (χ1v) is 10.7. The lowest BCUT2D eigenvalue weighted by molar-refractivity contribution is -0.143. The molecule has 3 saturated heterocycles. The van der Waals surface area contributed by atoms with E-state index in [9.17, 15) is 24.9 Å². The summed E-state index contributed by atoms with van der Waals surface area (Å²) in [4.78, 5) is 26.0. The second-order valence-electron chi connectivity index (χ2n) is 10.0. The molecule has 0 unspecified atom stereocenters. The van der Waals surface area contributed by atoms with Gasteiger partial charge in [-0.3, -0.25) is 9.69 Å². The monoisotopic (exact) mass is 411 g/mol. The van der Waals surface area contributed by atoms with Crippen LogP contribution in [-0.4, -0.2) is 39.4 Å². The first-order chi connectivity index (χ1) is 14.2. The molecule has 6 atom stereocenters. The SMILES string of the molecule is C[C@@]12CCC(=O)N(c3c(O)ccc(C(=O)O)c3O)C1=CC[C@]13C[C@H]4C[C@H](O[C@H]4C1)[C@H]32. The van der Waals surface area contributed by atoms with E-state index in [1.807, 2.05) is 0 Å². The summed E-state index contributed by atoms with van der Waals surface area (Å²) < 4.78 is 6.39. The first kappa shape index (κ1) is 18.2. The average Bonchev–Trinajstić information content (AvgIpc) is 3.12. The van der Waals surface area contributed by atoms with Crippen LogP contribution in [0.3, 0.4) is 0 Å². The van der Waals surface area contributed by atoms with Gasteiger partial charge < -0.3 is 20.1 Å². The van der Waals surface area contributed by atoms with Gasteiger partial charge in [0.25, 0.3) is 0 Å². The number of anilines is 1. The molecule has 30 heavy (non-hydrogen) atoms. The lowest BCUT2D eigenvalue weighted by Crippen LogP contribution is -2.58. The van der Waals surface area contributed by atoms with E-state index in [1.54, 1.807) is 0 Å². The molecule has 4 bridgehead atoms. The summed E-state index contributed by atoms with van der Waals surface area (Å²) in [6, 6.07) is 2.38. The van der Waals surface area contributed by atoms with Crippen LogP contribution in [-0.2, 0) is 9.53 Å². The second kappa shape index (κ2) is 5.58. The van der Waals surface area contributed by atoms with Crippen molar-refractivity contribution >= 4 is 17.6 Å². The number of hydrogen-bond acceptors (Lipinski definition) is 5. The third-order valence-corrected chi connectivity index (χ3v) is 8.62. The molecular formula is C23H25NO6. The molecule has 7 rings (SSSR count). The lowest BCUT2D eigenvalue weighted by atomic mass is 9.49. The number of fused-ring (bicyclic) bond motifs is 1. The van der Waals surface area contributed by atoms with Gasteiger partial charge in [-0.05, 0) is 55.6 Å². The normalized spacial score (nSPS) is 40.9. The third kappa shape index (κ3) is 2.04. The smallest absolute Gasteiger partial charge is 0.339 e. The van der Waals surface area contributed by atoms with Gasteiger partial charge >= 0.3 is 5.97 Å². The van der Waals surface area contributed by atoms with Crippen molar-refractivity contribution in [3.8, 4) is 11.5 Å². The highest BCUT2D eigenvalue weighted by atomic mass is 16.5. The lowest BCUT2D eigenvalue weighted by Gasteiger charge is -2.60. The van der Waals surface area contributed by atoms with Crippen LogP contribution >= 0.6 is 0 Å². The number of phenolic OH excluding ortho intramolecular Hbond substituents is 1. The molecule has 6 aliphatic rings. The quantitative estimate of drug-likeness (QED) is 0.689. The molecule has 3 aliphatic carbocycles. The molecular weight excluding hydrogens is 386 g/mol. The number of aromatic carboxylic acids is 1. The Morgan fingerprint density at radius 3 is 2.77 bits per heavy atom. The van der Waals surface area contributed by atoms with Gasteiger partial charge in [0, 0.05) is 23.5 Å². The van der Waals surface area contributed by atoms with Crippen molar-refractivity contribution in [2.24, 2.45) is 22.7 Å². The predicted octanol–water partition coefficient (Wildman–Crippen LogP) is 3.40. The number of aromatic hydroxyl groups is 2. The van der Waals surface area contributed by atoms with Crippen LogP contribution in [0.4, 0.5) is 5.69 Å². The number of benzene rings is 1. The van der Waals surface area contributed by atoms with Crippen molar-refractivity contribution in [3.63, 3.8) is 0 Å². The van der Waals surface area contributed by atoms with Crippen LogP contribution in [0.2, 0.25) is 0 Å². The van der Waals surface area contributed by atoms with Gasteiger partial charge in [0.1, 0.15) is 17.0 Å². The maximum Gasteiger partial charge on any atom is 0.339 e. The van der Waals surface area contributed by atoms with Crippen molar-refractivity contribution < 1.29 is 29.6 Å². The number of ether oxygens (including phenoxy) is 1. The second-order valence-corrected chi connectivity index (χ2v) is 10.0. The minimum Gasteiger partial charge on any atom is -0.506 e. The maximum absolute atomic E-state index is 13.1. The molecule has 158 valence electrons. The van der Waals surface area contributed by atoms with Crippen LogP contribution in [0.15, 0.2) is 23.9 Å². The van der Waals surface area contributed by atoms with Gasteiger partial charge in [0.15, 0.2) is 5.75 Å². The highest BCUT2D eigenvalue weighted by molar-refractivity contribution is 6.04. The van der Waals surface area contributed by atoms with E-state index < -0.39 is 11.7 Å². The summed E-state index contributed by atoms with van der Waals surface area (Å²) in [7, 11) is 0. The Kier molecular flexibility index (Phi) is 3.39. The molecule has 3 aliphatic heterocycles. The Morgan fingerprint density at radius 2 is 2.03 bits per heavy atom. The number of carboxylic acid groups (broad SMARTS) is 1. The fourth-order valence-corrected chi connectivity index (χ4v) is 7.66. The van der Waals surface area contributed by atoms with Crippen molar-refractivity contribution in [1.82, 2.24) is 0 Å². The Hall–Kier alpha value is -2.54. The van der Waals surface area contributed by atoms with Crippen molar-refractivity contribution in [1.29, 1.82) is 0 Å². The summed E-state index contributed by atoms with van der Waals surface area (Å²) in [5.41, 5.74) is 0.168. The standard InChI is InChI=1S/C23H25NO6/c1-22-6-5-17(26)24(18-13(25)3-2-12(19(18)27)21(28)29)16(22)4-7-23-9-11-8-14(20(22)23)30-15(11)10-23/h2-4,11,14-15,20,25,27H,5-10H2,1H3,(H,28,29)/t11-,14+,15+,20+,22-,23+/m1/s1. The van der Waals surface area contributed by atoms with E-state index in [1.165, 1.54) is 11.0 Å². The number of carbonyl (C=O) groups excluding carboxylic acids is 1. The van der Waals surface area contributed by atoms with Crippen molar-refractivity contribution in [2.45, 2.75) is 57.7 Å². The van der Waals surface area contributed by atoms with Gasteiger partial charge in [0.05, 0.1) is 12.2 Å². The number of rotatable bonds is 2. The van der Waals surface area contributed by atoms with Crippen LogP contribution in [0.25, 0.3) is 0 Å². The number of nitrogens with zero attached hydrogens (tertiary/aromatic N) is 1. The number of carbonyl (C=O) groups is 2. The zero-order chi connectivity index (χ0) is 21.0. The minimum atomic E-state index is -1.31. The predicted molar refractivity (Wildman–Crippen MR) is 106 cm³/mol. The van der Waals surface area contributed by atoms with E-state index in [0.717, 1.165) is 37.4 Å². The Labute approximate surface area is 173 Å². The fraction of sp³-hybridized carbons (Fsp3) is 0.565. The zero-order valence-electron chi connectivity index (χ0n) is 16.8. The summed E-state index contributed by atoms with van der Waals surface area (Å²) >= 11 is 0. The number of carboxylic acids is 1. The number of hydrogen-bond donors (Lipinski definition) is 3. The average molecular weight is 411 g/mol. The Balaban J connectivity index is 1.52. The largest absolute Gasteiger partial charge is 0.506 e. The van der Waals surface area contributed by atoms with Crippen LogP contribution in [0.1, 0.15) is 55.8 Å². The summed E-state index contributed by atoms with van der Waals surface area (Å²) in [5.74, 6) is -1.51. The molecule has 1 aromatic carbocycles. The molecule has 2 saturated carbocycles. The molecule has 1 aromatic rings. The molecule has 1 amide bonds. The number of allylic oxidation sites excluding steroid dienone is 2. The van der Waals surface area contributed by atoms with E-state index in [-0.39, 0.29) is 52.2 Å². The molecule has 7 heteroatoms. The maximum atomic E-state index is 13.1. The van der Waals surface area contributed by atoms with Crippen LogP contribution in [0.5, 0.6) is 11.5 Å². The van der Waals surface area contributed by atoms with Gasteiger partial charge in [-0.2, -0.15) is 0 Å². The molecule has 3 N–H and O–H groups in total. The molecule has 3 heterocycles. The van der Waals surface area contributed by atoms with Gasteiger partial charge in [-0.1, -0.05) is 13.0 Å². The fourth-order valence-electron chi connectivity index (χ4n) is 7.66. The highest BCUT2D eigenvalue weighted by Gasteiger charge is 2.69.